The first kappa shape index (κ1) is 17.1. The second-order valence-corrected chi connectivity index (χ2v) is 7.43. The van der Waals surface area contributed by atoms with Crippen LogP contribution in [0.4, 0.5) is 14.5 Å². The number of rotatable bonds is 5. The first-order chi connectivity index (χ1) is 11.5. The predicted molar refractivity (Wildman–Crippen MR) is 95.4 cm³/mol. The molecule has 3 rings (SSSR count). The van der Waals surface area contributed by atoms with Crippen LogP contribution in [0.5, 0.6) is 0 Å². The van der Waals surface area contributed by atoms with Gasteiger partial charge in [-0.05, 0) is 39.5 Å². The molecule has 0 spiro atoms. The van der Waals surface area contributed by atoms with Crippen molar-refractivity contribution in [3.63, 3.8) is 0 Å². The first-order valence-corrected chi connectivity index (χ1v) is 9.23. The number of thiophene rings is 1. The molecule has 3 aromatic rings. The van der Waals surface area contributed by atoms with E-state index < -0.39 is 11.7 Å². The van der Waals surface area contributed by atoms with Crippen molar-refractivity contribution in [3.05, 3.63) is 57.5 Å². The zero-order valence-electron chi connectivity index (χ0n) is 11.9. The smallest absolute Gasteiger partial charge is 0.288 e. The van der Waals surface area contributed by atoms with Crippen LogP contribution in [0.1, 0.15) is 9.67 Å². The fourth-order valence-corrected chi connectivity index (χ4v) is 3.92. The standard InChI is InChI=1S/C15H10BrF2N3OS2/c16-9-7-19-21(8-9)11-4-2-1-3-10(11)20-14(22)13-12(5-6-23-13)24-15(17)18/h1-8,15H,(H,20,22). The number of nitrogens with one attached hydrogen (secondary N) is 1. The van der Waals surface area contributed by atoms with Crippen LogP contribution < -0.4 is 5.32 Å². The summed E-state index contributed by atoms with van der Waals surface area (Å²) in [7, 11) is 0. The van der Waals surface area contributed by atoms with E-state index in [1.165, 1.54) is 6.07 Å². The average molecular weight is 430 g/mol. The molecule has 0 aliphatic carbocycles. The van der Waals surface area contributed by atoms with Gasteiger partial charge in [0.1, 0.15) is 4.88 Å². The molecule has 0 bridgehead atoms. The maximum atomic E-state index is 12.6. The Balaban J connectivity index is 1.87. The van der Waals surface area contributed by atoms with Gasteiger partial charge in [0.15, 0.2) is 0 Å². The lowest BCUT2D eigenvalue weighted by Gasteiger charge is -2.11. The van der Waals surface area contributed by atoms with Gasteiger partial charge in [-0.1, -0.05) is 23.9 Å². The van der Waals surface area contributed by atoms with Gasteiger partial charge in [-0.3, -0.25) is 4.79 Å². The van der Waals surface area contributed by atoms with Crippen molar-refractivity contribution in [2.45, 2.75) is 10.7 Å². The molecule has 24 heavy (non-hydrogen) atoms. The Labute approximate surface area is 153 Å². The number of benzene rings is 1. The number of carbonyl (C=O) groups is 1. The van der Waals surface area contributed by atoms with Crippen LogP contribution in [-0.4, -0.2) is 21.4 Å². The molecule has 2 heterocycles. The predicted octanol–water partition coefficient (Wildman–Crippen LogP) is 5.26. The van der Waals surface area contributed by atoms with Crippen molar-refractivity contribution in [2.75, 3.05) is 5.32 Å². The molecule has 0 fully saturated rings. The fourth-order valence-electron chi connectivity index (χ4n) is 2.04. The van der Waals surface area contributed by atoms with Gasteiger partial charge in [0.25, 0.3) is 11.7 Å². The van der Waals surface area contributed by atoms with Gasteiger partial charge < -0.3 is 5.32 Å². The summed E-state index contributed by atoms with van der Waals surface area (Å²) in [6.07, 6.45) is 3.39. The molecular weight excluding hydrogens is 420 g/mol. The lowest BCUT2D eigenvalue weighted by molar-refractivity contribution is 0.102. The molecule has 1 N–H and O–H groups in total. The van der Waals surface area contributed by atoms with E-state index in [0.717, 1.165) is 15.8 Å². The van der Waals surface area contributed by atoms with Gasteiger partial charge >= 0.3 is 0 Å². The summed E-state index contributed by atoms with van der Waals surface area (Å²) >= 11 is 4.82. The minimum atomic E-state index is -2.57. The Morgan fingerprint density at radius 2 is 2.12 bits per heavy atom. The molecule has 1 aromatic carbocycles. The quantitative estimate of drug-likeness (QED) is 0.562. The summed E-state index contributed by atoms with van der Waals surface area (Å²) in [6, 6.07) is 8.66. The summed E-state index contributed by atoms with van der Waals surface area (Å²) in [5, 5.41) is 8.58. The van der Waals surface area contributed by atoms with Gasteiger partial charge in [0.05, 0.1) is 22.0 Å². The molecule has 0 atom stereocenters. The number of alkyl halides is 2. The molecular formula is C15H10BrF2N3OS2. The number of para-hydroxylation sites is 2. The molecule has 124 valence electrons. The van der Waals surface area contributed by atoms with Crippen molar-refractivity contribution >= 4 is 50.6 Å². The Morgan fingerprint density at radius 1 is 1.33 bits per heavy atom. The van der Waals surface area contributed by atoms with E-state index >= 15 is 0 Å². The lowest BCUT2D eigenvalue weighted by atomic mass is 10.2. The maximum absolute atomic E-state index is 12.6. The van der Waals surface area contributed by atoms with Crippen LogP contribution in [0.2, 0.25) is 0 Å². The van der Waals surface area contributed by atoms with E-state index in [1.807, 2.05) is 6.07 Å². The zero-order valence-corrected chi connectivity index (χ0v) is 15.2. The number of halogens is 3. The molecule has 2 aromatic heterocycles. The Morgan fingerprint density at radius 3 is 2.83 bits per heavy atom. The number of hydrogen-bond acceptors (Lipinski definition) is 4. The van der Waals surface area contributed by atoms with Gasteiger partial charge in [0, 0.05) is 11.1 Å². The van der Waals surface area contributed by atoms with E-state index in [4.69, 9.17) is 0 Å². The van der Waals surface area contributed by atoms with Crippen LogP contribution in [0.15, 0.2) is 57.5 Å². The molecule has 9 heteroatoms. The highest BCUT2D eigenvalue weighted by Gasteiger charge is 2.18. The number of anilines is 1. The Kier molecular flexibility index (Phi) is 5.32. The maximum Gasteiger partial charge on any atom is 0.288 e. The van der Waals surface area contributed by atoms with E-state index in [-0.39, 0.29) is 9.77 Å². The molecule has 0 aliphatic rings. The minimum absolute atomic E-state index is 0.261. The monoisotopic (exact) mass is 429 g/mol. The molecule has 0 unspecified atom stereocenters. The van der Waals surface area contributed by atoms with Crippen LogP contribution in [-0.2, 0) is 0 Å². The molecule has 0 saturated heterocycles. The third-order valence-corrected chi connectivity index (χ3v) is 5.23. The van der Waals surface area contributed by atoms with Crippen molar-refractivity contribution in [3.8, 4) is 5.69 Å². The number of hydrogen-bond donors (Lipinski definition) is 1. The van der Waals surface area contributed by atoms with E-state index in [2.05, 4.69) is 26.3 Å². The van der Waals surface area contributed by atoms with Crippen molar-refractivity contribution in [1.82, 2.24) is 9.78 Å². The Hall–Kier alpha value is -1.71. The van der Waals surface area contributed by atoms with Crippen LogP contribution >= 0.6 is 39.0 Å². The first-order valence-electron chi connectivity index (χ1n) is 6.68. The number of nitrogens with zero attached hydrogens (tertiary/aromatic N) is 2. The summed E-state index contributed by atoms with van der Waals surface area (Å²) < 4.78 is 27.6. The summed E-state index contributed by atoms with van der Waals surface area (Å²) in [4.78, 5) is 13.0. The third-order valence-electron chi connectivity index (χ3n) is 3.00. The van der Waals surface area contributed by atoms with Gasteiger partial charge in [0.2, 0.25) is 0 Å². The molecule has 1 amide bonds. The van der Waals surface area contributed by atoms with E-state index in [1.54, 1.807) is 40.7 Å². The minimum Gasteiger partial charge on any atom is -0.319 e. The molecule has 4 nitrogen and oxygen atoms in total. The third kappa shape index (κ3) is 3.85. The number of thioether (sulfide) groups is 1. The summed E-state index contributed by atoms with van der Waals surface area (Å²) in [6.45, 7) is 0. The highest BCUT2D eigenvalue weighted by atomic mass is 79.9. The molecule has 0 aliphatic heterocycles. The van der Waals surface area contributed by atoms with Gasteiger partial charge in [-0.2, -0.15) is 13.9 Å². The topological polar surface area (TPSA) is 46.9 Å². The Bertz CT molecular complexity index is 866. The lowest BCUT2D eigenvalue weighted by Crippen LogP contribution is -2.13. The second-order valence-electron chi connectivity index (χ2n) is 4.57. The van der Waals surface area contributed by atoms with Gasteiger partial charge in [-0.15, -0.1) is 11.3 Å². The zero-order chi connectivity index (χ0) is 17.1. The highest BCUT2D eigenvalue weighted by Crippen LogP contribution is 2.33. The van der Waals surface area contributed by atoms with Crippen molar-refractivity contribution in [2.24, 2.45) is 0 Å². The summed E-state index contributed by atoms with van der Waals surface area (Å²) in [5.41, 5.74) is 1.22. The van der Waals surface area contributed by atoms with Crippen LogP contribution in [0, 0.1) is 0 Å². The van der Waals surface area contributed by atoms with Crippen LogP contribution in [0.3, 0.4) is 0 Å². The van der Waals surface area contributed by atoms with Crippen molar-refractivity contribution in [1.29, 1.82) is 0 Å². The molecule has 0 saturated carbocycles. The second kappa shape index (κ2) is 7.45. The number of amides is 1. The van der Waals surface area contributed by atoms with Crippen molar-refractivity contribution < 1.29 is 13.6 Å². The SMILES string of the molecule is O=C(Nc1ccccc1-n1cc(Br)cn1)c1sccc1SC(F)F. The van der Waals surface area contributed by atoms with Gasteiger partial charge in [-0.25, -0.2) is 4.68 Å². The number of carbonyl (C=O) groups excluding carboxylic acids is 1. The largest absolute Gasteiger partial charge is 0.319 e. The summed E-state index contributed by atoms with van der Waals surface area (Å²) in [5.74, 6) is -2.99. The van der Waals surface area contributed by atoms with E-state index in [9.17, 15) is 13.6 Å². The molecule has 0 radical (unpaired) electrons. The normalized spacial score (nSPS) is 11.0. The fraction of sp³-hybridized carbons (Fsp3) is 0.0667. The van der Waals surface area contributed by atoms with E-state index in [0.29, 0.717) is 23.1 Å². The number of aromatic nitrogens is 2. The average Bonchev–Trinajstić information content (AvgIpc) is 3.16. The highest BCUT2D eigenvalue weighted by molar-refractivity contribution is 9.10. The van der Waals surface area contributed by atoms with Crippen LogP contribution in [0.25, 0.3) is 5.69 Å².